The smallest absolute Gasteiger partial charge is 0.323 e. The van der Waals surface area contributed by atoms with Gasteiger partial charge >= 0.3 is 5.97 Å². The molecule has 1 rings (SSSR count). The molecule has 0 spiro atoms. The Balaban J connectivity index is 2.40. The van der Waals surface area contributed by atoms with E-state index < -0.39 is 6.10 Å². The van der Waals surface area contributed by atoms with Gasteiger partial charge < -0.3 is 19.3 Å². The van der Waals surface area contributed by atoms with Crippen LogP contribution < -0.4 is 0 Å². The lowest BCUT2D eigenvalue weighted by Gasteiger charge is -2.35. The summed E-state index contributed by atoms with van der Waals surface area (Å²) in [6.07, 6.45) is 2.21. The van der Waals surface area contributed by atoms with E-state index in [1.807, 2.05) is 18.7 Å². The third-order valence-corrected chi connectivity index (χ3v) is 3.59. The summed E-state index contributed by atoms with van der Waals surface area (Å²) in [7, 11) is 1.62. The maximum Gasteiger partial charge on any atom is 0.323 e. The van der Waals surface area contributed by atoms with Gasteiger partial charge in [0.05, 0.1) is 32.0 Å². The number of hydrogen-bond acceptors (Lipinski definition) is 6. The summed E-state index contributed by atoms with van der Waals surface area (Å²) in [5.74, 6) is -0.182. The minimum absolute atomic E-state index is 0.0492. The van der Waals surface area contributed by atoms with Crippen LogP contribution in [0.3, 0.4) is 0 Å². The van der Waals surface area contributed by atoms with E-state index in [0.29, 0.717) is 19.8 Å². The summed E-state index contributed by atoms with van der Waals surface area (Å²) in [6, 6.07) is -0.232. The Morgan fingerprint density at radius 2 is 2.14 bits per heavy atom. The molecule has 1 aliphatic rings. The summed E-state index contributed by atoms with van der Waals surface area (Å²) < 4.78 is 15.6. The molecular weight excluding hydrogens is 274 g/mol. The van der Waals surface area contributed by atoms with Crippen molar-refractivity contribution < 1.29 is 24.1 Å². The number of likely N-dealkylation sites (tertiary alicyclic amines) is 1. The first-order valence-electron chi connectivity index (χ1n) is 7.77. The topological polar surface area (TPSA) is 68.2 Å². The van der Waals surface area contributed by atoms with E-state index in [9.17, 15) is 9.90 Å². The van der Waals surface area contributed by atoms with Crippen LogP contribution in [0.25, 0.3) is 0 Å². The van der Waals surface area contributed by atoms with Crippen LogP contribution in [-0.2, 0) is 19.0 Å². The van der Waals surface area contributed by atoms with Crippen molar-refractivity contribution in [1.29, 1.82) is 0 Å². The highest BCUT2D eigenvalue weighted by atomic mass is 16.5. The second-order valence-corrected chi connectivity index (χ2v) is 5.51. The van der Waals surface area contributed by atoms with Gasteiger partial charge in [-0.25, -0.2) is 0 Å². The lowest BCUT2D eigenvalue weighted by molar-refractivity contribution is -0.151. The lowest BCUT2D eigenvalue weighted by Crippen LogP contribution is -2.49. The van der Waals surface area contributed by atoms with Crippen molar-refractivity contribution in [3.63, 3.8) is 0 Å². The molecule has 1 aliphatic heterocycles. The first kappa shape index (κ1) is 18.4. The number of carbonyl (C=O) groups is 1. The number of carbonyl (C=O) groups excluding carboxylic acids is 1. The monoisotopic (exact) mass is 303 g/mol. The number of aliphatic hydroxyl groups excluding tert-OH is 1. The van der Waals surface area contributed by atoms with Crippen LogP contribution in [0.5, 0.6) is 0 Å². The molecule has 0 aromatic carbocycles. The highest BCUT2D eigenvalue weighted by Crippen LogP contribution is 2.18. The average molecular weight is 303 g/mol. The largest absolute Gasteiger partial charge is 0.465 e. The van der Waals surface area contributed by atoms with Gasteiger partial charge in [0, 0.05) is 13.7 Å². The fourth-order valence-corrected chi connectivity index (χ4v) is 2.60. The predicted molar refractivity (Wildman–Crippen MR) is 79.1 cm³/mol. The Morgan fingerprint density at radius 3 is 2.81 bits per heavy atom. The Labute approximate surface area is 127 Å². The first-order valence-corrected chi connectivity index (χ1v) is 7.77. The number of ether oxygens (including phenoxy) is 3. The summed E-state index contributed by atoms with van der Waals surface area (Å²) in [6.45, 7) is 6.10. The number of nitrogens with zero attached hydrogens (tertiary/aromatic N) is 1. The van der Waals surface area contributed by atoms with Gasteiger partial charge in [0.2, 0.25) is 0 Å². The minimum atomic E-state index is -0.612. The maximum atomic E-state index is 11.9. The molecule has 0 radical (unpaired) electrons. The van der Waals surface area contributed by atoms with Crippen LogP contribution in [-0.4, -0.2) is 74.2 Å². The fraction of sp³-hybridized carbons (Fsp3) is 0.933. The summed E-state index contributed by atoms with van der Waals surface area (Å²) >= 11 is 0. The molecule has 124 valence electrons. The zero-order chi connectivity index (χ0) is 15.7. The quantitative estimate of drug-likeness (QED) is 0.636. The predicted octanol–water partition coefficient (Wildman–Crippen LogP) is 0.816. The van der Waals surface area contributed by atoms with E-state index in [0.717, 1.165) is 25.8 Å². The van der Waals surface area contributed by atoms with E-state index in [-0.39, 0.29) is 24.7 Å². The Bertz CT molecular complexity index is 300. The van der Waals surface area contributed by atoms with Crippen LogP contribution in [0, 0.1) is 0 Å². The van der Waals surface area contributed by atoms with E-state index in [1.54, 1.807) is 7.11 Å². The molecule has 0 saturated carbocycles. The summed E-state index contributed by atoms with van der Waals surface area (Å²) in [5.41, 5.74) is 0. The van der Waals surface area contributed by atoms with Gasteiger partial charge in [-0.15, -0.1) is 0 Å². The molecule has 1 fully saturated rings. The van der Waals surface area contributed by atoms with E-state index in [2.05, 4.69) is 0 Å². The molecule has 1 N–H and O–H groups in total. The van der Waals surface area contributed by atoms with Gasteiger partial charge in [-0.05, 0) is 33.2 Å². The van der Waals surface area contributed by atoms with Crippen LogP contribution in [0.2, 0.25) is 0 Å². The number of methoxy groups -OCH3 is 1. The molecule has 21 heavy (non-hydrogen) atoms. The van der Waals surface area contributed by atoms with Crippen LogP contribution in [0.4, 0.5) is 0 Å². The zero-order valence-electron chi connectivity index (χ0n) is 13.4. The second kappa shape index (κ2) is 10.1. The van der Waals surface area contributed by atoms with Gasteiger partial charge in [-0.1, -0.05) is 6.42 Å². The lowest BCUT2D eigenvalue weighted by atomic mass is 10.0. The van der Waals surface area contributed by atoms with Crippen molar-refractivity contribution in [2.75, 3.05) is 40.0 Å². The van der Waals surface area contributed by atoms with Crippen LogP contribution in [0.15, 0.2) is 0 Å². The minimum Gasteiger partial charge on any atom is -0.465 e. The Kier molecular flexibility index (Phi) is 8.84. The van der Waals surface area contributed by atoms with Crippen molar-refractivity contribution in [3.8, 4) is 0 Å². The molecule has 3 atom stereocenters. The summed E-state index contributed by atoms with van der Waals surface area (Å²) in [4.78, 5) is 14.0. The van der Waals surface area contributed by atoms with Crippen molar-refractivity contribution >= 4 is 5.97 Å². The molecule has 0 aromatic rings. The SMILES string of the molecule is CCOC(=O)C1CCCCN1CC(O)COC(C)COC. The molecule has 0 amide bonds. The van der Waals surface area contributed by atoms with Crippen LogP contribution >= 0.6 is 0 Å². The van der Waals surface area contributed by atoms with E-state index in [4.69, 9.17) is 14.2 Å². The van der Waals surface area contributed by atoms with Crippen LogP contribution in [0.1, 0.15) is 33.1 Å². The molecule has 0 aliphatic carbocycles. The molecule has 0 bridgehead atoms. The van der Waals surface area contributed by atoms with Gasteiger partial charge in [0.1, 0.15) is 6.04 Å². The highest BCUT2D eigenvalue weighted by Gasteiger charge is 2.31. The van der Waals surface area contributed by atoms with Crippen molar-refractivity contribution in [1.82, 2.24) is 4.90 Å². The zero-order valence-corrected chi connectivity index (χ0v) is 13.4. The number of piperidine rings is 1. The van der Waals surface area contributed by atoms with Gasteiger partial charge in [0.25, 0.3) is 0 Å². The first-order chi connectivity index (χ1) is 10.1. The Morgan fingerprint density at radius 1 is 1.38 bits per heavy atom. The van der Waals surface area contributed by atoms with Gasteiger partial charge in [0.15, 0.2) is 0 Å². The summed E-state index contributed by atoms with van der Waals surface area (Å²) in [5, 5.41) is 10.1. The van der Waals surface area contributed by atoms with Crippen molar-refractivity contribution in [2.24, 2.45) is 0 Å². The van der Waals surface area contributed by atoms with Gasteiger partial charge in [-0.3, -0.25) is 9.69 Å². The Hall–Kier alpha value is -0.690. The molecule has 3 unspecified atom stereocenters. The molecule has 6 heteroatoms. The van der Waals surface area contributed by atoms with Gasteiger partial charge in [-0.2, -0.15) is 0 Å². The third-order valence-electron chi connectivity index (χ3n) is 3.59. The molecule has 1 saturated heterocycles. The van der Waals surface area contributed by atoms with Crippen molar-refractivity contribution in [3.05, 3.63) is 0 Å². The molecule has 1 heterocycles. The third kappa shape index (κ3) is 6.74. The maximum absolute atomic E-state index is 11.9. The number of hydrogen-bond donors (Lipinski definition) is 1. The molecular formula is C15H29NO5. The van der Waals surface area contributed by atoms with E-state index >= 15 is 0 Å². The normalized spacial score (nSPS) is 22.8. The number of rotatable bonds is 9. The molecule has 6 nitrogen and oxygen atoms in total. The van der Waals surface area contributed by atoms with E-state index in [1.165, 1.54) is 0 Å². The number of aliphatic hydroxyl groups is 1. The number of β-amino-alcohol motifs (C(OH)–C–C–N with tert-alkyl or cyclic N) is 1. The highest BCUT2D eigenvalue weighted by molar-refractivity contribution is 5.75. The fourth-order valence-electron chi connectivity index (χ4n) is 2.60. The van der Waals surface area contributed by atoms with Crippen molar-refractivity contribution in [2.45, 2.75) is 51.4 Å². The average Bonchev–Trinajstić information content (AvgIpc) is 2.46. The number of esters is 1. The molecule has 0 aromatic heterocycles. The standard InChI is InChI=1S/C15H29NO5/c1-4-20-15(18)14-7-5-6-8-16(14)9-13(17)11-21-12(2)10-19-3/h12-14,17H,4-11H2,1-3H3. The second-order valence-electron chi connectivity index (χ2n) is 5.51.